The van der Waals surface area contributed by atoms with Crippen molar-refractivity contribution in [3.63, 3.8) is 0 Å². The molecule has 0 bridgehead atoms. The average molecular weight is 329 g/mol. The van der Waals surface area contributed by atoms with Crippen LogP contribution in [0.5, 0.6) is 0 Å². The van der Waals surface area contributed by atoms with Crippen LogP contribution in [0, 0.1) is 5.92 Å². The summed E-state index contributed by atoms with van der Waals surface area (Å²) in [5.41, 5.74) is -0.225. The lowest BCUT2D eigenvalue weighted by Crippen LogP contribution is -2.23. The number of halogens is 3. The van der Waals surface area contributed by atoms with E-state index in [1.807, 2.05) is 0 Å². The number of hydrogen-bond acceptors (Lipinski definition) is 3. The van der Waals surface area contributed by atoms with Crippen molar-refractivity contribution in [2.24, 2.45) is 5.92 Å². The van der Waals surface area contributed by atoms with E-state index in [-0.39, 0.29) is 24.9 Å². The fraction of sp³-hybridized carbons (Fsp3) is 0.500. The molecule has 0 radical (unpaired) electrons. The van der Waals surface area contributed by atoms with Crippen LogP contribution >= 0.6 is 0 Å². The molecule has 1 saturated carbocycles. The molecule has 1 aromatic rings. The Bertz CT molecular complexity index is 598. The third-order valence-corrected chi connectivity index (χ3v) is 3.79. The second-order valence-electron chi connectivity index (χ2n) is 5.78. The van der Waals surface area contributed by atoms with E-state index >= 15 is 0 Å². The summed E-state index contributed by atoms with van der Waals surface area (Å²) in [6, 6.07) is 5.01. The maximum Gasteiger partial charge on any atom is 0.416 e. The van der Waals surface area contributed by atoms with Crippen LogP contribution < -0.4 is 0 Å². The van der Waals surface area contributed by atoms with E-state index in [0.717, 1.165) is 12.1 Å². The van der Waals surface area contributed by atoms with E-state index < -0.39 is 23.6 Å². The summed E-state index contributed by atoms with van der Waals surface area (Å²) in [5, 5.41) is 0. The third-order valence-electron chi connectivity index (χ3n) is 3.79. The van der Waals surface area contributed by atoms with Crippen molar-refractivity contribution in [2.75, 3.05) is 20.7 Å². The normalized spacial score (nSPS) is 20.0. The SMILES string of the molecule is CN(C)C(=O)CCOC(=O)[C@@H]1C[C@H]1c1cccc(C(F)(F)F)c1. The van der Waals surface area contributed by atoms with E-state index in [4.69, 9.17) is 4.74 Å². The van der Waals surface area contributed by atoms with Crippen molar-refractivity contribution in [3.05, 3.63) is 35.4 Å². The van der Waals surface area contributed by atoms with Crippen LogP contribution in [0.4, 0.5) is 13.2 Å². The monoisotopic (exact) mass is 329 g/mol. The van der Waals surface area contributed by atoms with Gasteiger partial charge >= 0.3 is 12.1 Å². The molecule has 0 saturated heterocycles. The Morgan fingerprint density at radius 2 is 2.00 bits per heavy atom. The van der Waals surface area contributed by atoms with Gasteiger partial charge in [0.15, 0.2) is 0 Å². The topological polar surface area (TPSA) is 46.6 Å². The Labute approximate surface area is 132 Å². The van der Waals surface area contributed by atoms with Crippen molar-refractivity contribution in [1.29, 1.82) is 0 Å². The quantitative estimate of drug-likeness (QED) is 0.781. The molecular weight excluding hydrogens is 311 g/mol. The molecule has 0 N–H and O–H groups in total. The van der Waals surface area contributed by atoms with E-state index in [9.17, 15) is 22.8 Å². The van der Waals surface area contributed by atoms with Crippen LogP contribution in [0.1, 0.15) is 29.9 Å². The lowest BCUT2D eigenvalue weighted by atomic mass is 10.1. The molecule has 1 fully saturated rings. The first-order valence-corrected chi connectivity index (χ1v) is 7.24. The Balaban J connectivity index is 1.87. The van der Waals surface area contributed by atoms with Crippen LogP contribution in [0.25, 0.3) is 0 Å². The molecule has 7 heteroatoms. The number of hydrogen-bond donors (Lipinski definition) is 0. The fourth-order valence-corrected chi connectivity index (χ4v) is 2.34. The van der Waals surface area contributed by atoms with Gasteiger partial charge < -0.3 is 9.64 Å². The van der Waals surface area contributed by atoms with Gasteiger partial charge in [-0.25, -0.2) is 0 Å². The van der Waals surface area contributed by atoms with Gasteiger partial charge in [-0.05, 0) is 24.0 Å². The number of amides is 1. The summed E-state index contributed by atoms with van der Waals surface area (Å²) in [4.78, 5) is 24.6. The first-order valence-electron chi connectivity index (χ1n) is 7.24. The first-order chi connectivity index (χ1) is 10.7. The highest BCUT2D eigenvalue weighted by Crippen LogP contribution is 2.49. The number of alkyl halides is 3. The molecule has 0 spiro atoms. The van der Waals surface area contributed by atoms with E-state index in [0.29, 0.717) is 12.0 Å². The molecule has 4 nitrogen and oxygen atoms in total. The molecule has 0 heterocycles. The number of nitrogens with zero attached hydrogens (tertiary/aromatic N) is 1. The molecule has 1 aliphatic rings. The van der Waals surface area contributed by atoms with Gasteiger partial charge in [-0.2, -0.15) is 13.2 Å². The average Bonchev–Trinajstić information content (AvgIpc) is 3.26. The molecule has 1 aliphatic carbocycles. The van der Waals surface area contributed by atoms with Gasteiger partial charge in [0, 0.05) is 14.1 Å². The molecule has 0 unspecified atom stereocenters. The van der Waals surface area contributed by atoms with Crippen molar-refractivity contribution in [1.82, 2.24) is 4.90 Å². The van der Waals surface area contributed by atoms with Crippen molar-refractivity contribution in [2.45, 2.75) is 24.9 Å². The maximum absolute atomic E-state index is 12.7. The zero-order valence-electron chi connectivity index (χ0n) is 12.9. The van der Waals surface area contributed by atoms with E-state index in [1.165, 1.54) is 11.0 Å². The van der Waals surface area contributed by atoms with Gasteiger partial charge in [0.25, 0.3) is 0 Å². The number of esters is 1. The minimum Gasteiger partial charge on any atom is -0.465 e. The number of carbonyl (C=O) groups excluding carboxylic acids is 2. The molecule has 1 aromatic carbocycles. The summed E-state index contributed by atoms with van der Waals surface area (Å²) in [6.07, 6.45) is -3.82. The van der Waals surface area contributed by atoms with Crippen LogP contribution in [-0.2, 0) is 20.5 Å². The number of ether oxygens (including phenoxy) is 1. The summed E-state index contributed by atoms with van der Waals surface area (Å²) in [7, 11) is 3.21. The molecule has 1 amide bonds. The lowest BCUT2D eigenvalue weighted by Gasteiger charge is -2.10. The zero-order valence-corrected chi connectivity index (χ0v) is 12.9. The minimum atomic E-state index is -4.40. The molecule has 126 valence electrons. The first kappa shape index (κ1) is 17.3. The molecular formula is C16H18F3NO3. The number of rotatable bonds is 5. The standard InChI is InChI=1S/C16H18F3NO3/c1-20(2)14(21)6-7-23-15(22)13-9-12(13)10-4-3-5-11(8-10)16(17,18)19/h3-5,8,12-13H,6-7,9H2,1-2H3/t12-,13+/m0/s1. The van der Waals surface area contributed by atoms with Crippen LogP contribution in [-0.4, -0.2) is 37.5 Å². The predicted molar refractivity (Wildman–Crippen MR) is 76.6 cm³/mol. The fourth-order valence-electron chi connectivity index (χ4n) is 2.34. The molecule has 0 aliphatic heterocycles. The maximum atomic E-state index is 12.7. The van der Waals surface area contributed by atoms with E-state index in [2.05, 4.69) is 0 Å². The Hall–Kier alpha value is -2.05. The molecule has 23 heavy (non-hydrogen) atoms. The van der Waals surface area contributed by atoms with Crippen LogP contribution in [0.15, 0.2) is 24.3 Å². The summed E-state index contributed by atoms with van der Waals surface area (Å²) < 4.78 is 43.1. The van der Waals surface area contributed by atoms with Gasteiger partial charge in [-0.3, -0.25) is 9.59 Å². The minimum absolute atomic E-state index is 0.0122. The molecule has 2 rings (SSSR count). The van der Waals surface area contributed by atoms with Crippen LogP contribution in [0.2, 0.25) is 0 Å². The van der Waals surface area contributed by atoms with Crippen LogP contribution in [0.3, 0.4) is 0 Å². The highest BCUT2D eigenvalue weighted by molar-refractivity contribution is 5.79. The predicted octanol–water partition coefficient (Wildman–Crippen LogP) is 2.83. The second-order valence-corrected chi connectivity index (χ2v) is 5.78. The molecule has 2 atom stereocenters. The zero-order chi connectivity index (χ0) is 17.2. The van der Waals surface area contributed by atoms with Gasteiger partial charge in [0.05, 0.1) is 17.9 Å². The van der Waals surface area contributed by atoms with Crippen molar-refractivity contribution in [3.8, 4) is 0 Å². The van der Waals surface area contributed by atoms with Gasteiger partial charge in [0.1, 0.15) is 6.61 Å². The Morgan fingerprint density at radius 1 is 1.30 bits per heavy atom. The highest BCUT2D eigenvalue weighted by atomic mass is 19.4. The van der Waals surface area contributed by atoms with E-state index in [1.54, 1.807) is 20.2 Å². The Morgan fingerprint density at radius 3 is 2.61 bits per heavy atom. The Kier molecular flexibility index (Phi) is 4.97. The lowest BCUT2D eigenvalue weighted by molar-refractivity contribution is -0.146. The highest BCUT2D eigenvalue weighted by Gasteiger charge is 2.45. The van der Waals surface area contributed by atoms with Gasteiger partial charge in [-0.15, -0.1) is 0 Å². The summed E-state index contributed by atoms with van der Waals surface area (Å²) >= 11 is 0. The number of benzene rings is 1. The third kappa shape index (κ3) is 4.46. The van der Waals surface area contributed by atoms with Crippen molar-refractivity contribution >= 4 is 11.9 Å². The van der Waals surface area contributed by atoms with Gasteiger partial charge in [0.2, 0.25) is 5.91 Å². The second kappa shape index (κ2) is 6.60. The summed E-state index contributed by atoms with van der Waals surface area (Å²) in [5.74, 6) is -1.27. The smallest absolute Gasteiger partial charge is 0.416 e. The van der Waals surface area contributed by atoms with Gasteiger partial charge in [-0.1, -0.05) is 18.2 Å². The van der Waals surface area contributed by atoms with Crippen molar-refractivity contribution < 1.29 is 27.5 Å². The number of carbonyl (C=O) groups is 2. The summed E-state index contributed by atoms with van der Waals surface area (Å²) in [6.45, 7) is -0.0122. The largest absolute Gasteiger partial charge is 0.465 e. The molecule has 0 aromatic heterocycles.